The monoisotopic (exact) mass is 323 g/mol. The van der Waals surface area contributed by atoms with Crippen LogP contribution in [0.1, 0.15) is 77.2 Å². The molecule has 0 aliphatic heterocycles. The molecule has 21 heavy (non-hydrogen) atoms. The first-order chi connectivity index (χ1) is 7.68. The van der Waals surface area contributed by atoms with Crippen LogP contribution in [-0.2, 0) is 10.0 Å². The molecule has 4 heteroatoms. The van der Waals surface area contributed by atoms with E-state index in [0.717, 1.165) is 6.42 Å². The Balaban J connectivity index is -0.00000108. The Morgan fingerprint density at radius 3 is 1.62 bits per heavy atom. The van der Waals surface area contributed by atoms with E-state index in [1.165, 1.54) is 6.26 Å². The van der Waals surface area contributed by atoms with Crippen molar-refractivity contribution in [3.05, 3.63) is 0 Å². The summed E-state index contributed by atoms with van der Waals surface area (Å²) in [6.45, 7) is 15.5. The van der Waals surface area contributed by atoms with Gasteiger partial charge in [-0.3, -0.25) is 0 Å². The third kappa shape index (κ3) is 6.27. The molecule has 0 amide bonds. The summed E-state index contributed by atoms with van der Waals surface area (Å²) in [4.78, 5) is 0. The van der Waals surface area contributed by atoms with Crippen LogP contribution in [0, 0.1) is 16.7 Å². The van der Waals surface area contributed by atoms with Gasteiger partial charge in [-0.05, 0) is 43.9 Å². The van der Waals surface area contributed by atoms with Crippen molar-refractivity contribution >= 4 is 10.0 Å². The Morgan fingerprint density at radius 1 is 1.05 bits per heavy atom. The molecule has 2 atom stereocenters. The zero-order chi connectivity index (χ0) is 14.6. The van der Waals surface area contributed by atoms with Gasteiger partial charge < -0.3 is 0 Å². The van der Waals surface area contributed by atoms with Crippen LogP contribution in [0.5, 0.6) is 0 Å². The van der Waals surface area contributed by atoms with Crippen molar-refractivity contribution in [1.29, 1.82) is 0 Å². The van der Waals surface area contributed by atoms with Gasteiger partial charge in [0.15, 0.2) is 0 Å². The fourth-order valence-electron chi connectivity index (χ4n) is 3.11. The first-order valence-electron chi connectivity index (χ1n) is 6.66. The van der Waals surface area contributed by atoms with Crippen molar-refractivity contribution in [2.45, 2.75) is 82.7 Å². The zero-order valence-electron chi connectivity index (χ0n) is 13.2. The summed E-state index contributed by atoms with van der Waals surface area (Å²) in [5.41, 5.74) is 0.0477. The SMILES string of the molecule is C.C.C.CC(C)(C)[C@@H]1C[C@]1(C)CN(C(C)(C)C)S(C)(=O)=O. The maximum Gasteiger partial charge on any atom is 0.211 e. The molecule has 0 bridgehead atoms. The van der Waals surface area contributed by atoms with Crippen LogP contribution in [0.4, 0.5) is 0 Å². The van der Waals surface area contributed by atoms with Gasteiger partial charge in [0.2, 0.25) is 10.0 Å². The predicted octanol–water partition coefficient (Wildman–Crippen LogP) is 5.03. The van der Waals surface area contributed by atoms with Gasteiger partial charge in [0, 0.05) is 12.1 Å². The molecule has 1 saturated carbocycles. The fraction of sp³-hybridized carbons (Fsp3) is 1.00. The van der Waals surface area contributed by atoms with E-state index in [2.05, 4.69) is 27.7 Å². The van der Waals surface area contributed by atoms with E-state index in [9.17, 15) is 8.42 Å². The van der Waals surface area contributed by atoms with Crippen LogP contribution >= 0.6 is 0 Å². The molecule has 1 aliphatic rings. The maximum atomic E-state index is 12.0. The van der Waals surface area contributed by atoms with E-state index >= 15 is 0 Å². The maximum absolute atomic E-state index is 12.0. The molecule has 0 aromatic heterocycles. The van der Waals surface area contributed by atoms with Crippen LogP contribution < -0.4 is 0 Å². The molecule has 0 unspecified atom stereocenters. The van der Waals surface area contributed by atoms with E-state index in [1.807, 2.05) is 20.8 Å². The third-order valence-electron chi connectivity index (χ3n) is 4.05. The summed E-state index contributed by atoms with van der Waals surface area (Å²) in [6, 6.07) is 0. The van der Waals surface area contributed by atoms with Crippen LogP contribution in [-0.4, -0.2) is 31.1 Å². The average Bonchev–Trinajstić information content (AvgIpc) is 2.70. The number of rotatable bonds is 3. The van der Waals surface area contributed by atoms with Crippen molar-refractivity contribution in [2.24, 2.45) is 16.7 Å². The van der Waals surface area contributed by atoms with E-state index in [0.29, 0.717) is 12.5 Å². The van der Waals surface area contributed by atoms with E-state index in [-0.39, 0.29) is 38.6 Å². The normalized spacial score (nSPS) is 25.5. The molecular formula is C17H41NO2S. The van der Waals surface area contributed by atoms with Gasteiger partial charge in [-0.1, -0.05) is 50.0 Å². The zero-order valence-corrected chi connectivity index (χ0v) is 14.0. The van der Waals surface area contributed by atoms with Crippen molar-refractivity contribution in [3.63, 3.8) is 0 Å². The molecule has 0 aromatic rings. The lowest BCUT2D eigenvalue weighted by Gasteiger charge is -2.36. The summed E-state index contributed by atoms with van der Waals surface area (Å²) < 4.78 is 25.6. The number of nitrogens with zero attached hydrogens (tertiary/aromatic N) is 1. The Bertz CT molecular complexity index is 415. The quantitative estimate of drug-likeness (QED) is 0.730. The minimum absolute atomic E-state index is 0. The molecular weight excluding hydrogens is 282 g/mol. The highest BCUT2D eigenvalue weighted by atomic mass is 32.2. The Kier molecular flexibility index (Phi) is 8.60. The standard InChI is InChI=1S/C14H29NO2S.3CH4/c1-12(2,3)11-9-14(11,7)10-15(13(4,5)6)18(8,16)17;;;/h11H,9-10H2,1-8H3;3*1H4/t11-,14+;;;/m0.../s1. The summed E-state index contributed by atoms with van der Waals surface area (Å²) in [7, 11) is -3.15. The Labute approximate surface area is 135 Å². The predicted molar refractivity (Wildman–Crippen MR) is 97.2 cm³/mol. The van der Waals surface area contributed by atoms with Crippen molar-refractivity contribution in [2.75, 3.05) is 12.8 Å². The third-order valence-corrected chi connectivity index (χ3v) is 5.53. The van der Waals surface area contributed by atoms with Gasteiger partial charge >= 0.3 is 0 Å². The van der Waals surface area contributed by atoms with Crippen molar-refractivity contribution in [1.82, 2.24) is 4.31 Å². The molecule has 1 fully saturated rings. The van der Waals surface area contributed by atoms with E-state index in [4.69, 9.17) is 0 Å². The van der Waals surface area contributed by atoms with Crippen molar-refractivity contribution in [3.8, 4) is 0 Å². The lowest BCUT2D eigenvalue weighted by atomic mass is 9.85. The highest BCUT2D eigenvalue weighted by Crippen LogP contribution is 2.61. The molecule has 1 aliphatic carbocycles. The Morgan fingerprint density at radius 2 is 1.43 bits per heavy atom. The van der Waals surface area contributed by atoms with Gasteiger partial charge in [0.05, 0.1) is 6.26 Å². The second kappa shape index (κ2) is 6.99. The van der Waals surface area contributed by atoms with Gasteiger partial charge in [-0.2, -0.15) is 4.31 Å². The molecule has 132 valence electrons. The molecule has 0 aromatic carbocycles. The highest BCUT2D eigenvalue weighted by molar-refractivity contribution is 7.88. The molecule has 0 radical (unpaired) electrons. The minimum Gasteiger partial charge on any atom is -0.212 e. The molecule has 0 saturated heterocycles. The van der Waals surface area contributed by atoms with Crippen molar-refractivity contribution < 1.29 is 8.42 Å². The summed E-state index contributed by atoms with van der Waals surface area (Å²) in [5.74, 6) is 0.608. The molecule has 3 nitrogen and oxygen atoms in total. The molecule has 1 rings (SSSR count). The number of sulfonamides is 1. The average molecular weight is 324 g/mol. The first-order valence-corrected chi connectivity index (χ1v) is 8.51. The van der Waals surface area contributed by atoms with Gasteiger partial charge in [0.25, 0.3) is 0 Å². The topological polar surface area (TPSA) is 37.4 Å². The molecule has 0 heterocycles. The van der Waals surface area contributed by atoms with Gasteiger partial charge in [0.1, 0.15) is 0 Å². The minimum atomic E-state index is -3.15. The van der Waals surface area contributed by atoms with Gasteiger partial charge in [-0.15, -0.1) is 0 Å². The summed E-state index contributed by atoms with van der Waals surface area (Å²) in [5, 5.41) is 0. The van der Waals surface area contributed by atoms with Gasteiger partial charge in [-0.25, -0.2) is 8.42 Å². The summed E-state index contributed by atoms with van der Waals surface area (Å²) in [6.07, 6.45) is 2.44. The molecule has 0 N–H and O–H groups in total. The highest BCUT2D eigenvalue weighted by Gasteiger charge is 2.57. The van der Waals surface area contributed by atoms with Crippen LogP contribution in [0.3, 0.4) is 0 Å². The van der Waals surface area contributed by atoms with E-state index in [1.54, 1.807) is 4.31 Å². The number of hydrogen-bond donors (Lipinski definition) is 0. The number of hydrogen-bond acceptors (Lipinski definition) is 2. The van der Waals surface area contributed by atoms with Crippen LogP contribution in [0.25, 0.3) is 0 Å². The lowest BCUT2D eigenvalue weighted by molar-refractivity contribution is 0.188. The fourth-order valence-corrected chi connectivity index (χ4v) is 4.64. The summed E-state index contributed by atoms with van der Waals surface area (Å²) >= 11 is 0. The smallest absolute Gasteiger partial charge is 0.211 e. The second-order valence-corrected chi connectivity index (χ2v) is 10.1. The second-order valence-electron chi connectivity index (χ2n) is 8.22. The Hall–Kier alpha value is -0.0900. The lowest BCUT2D eigenvalue weighted by Crippen LogP contribution is -2.48. The van der Waals surface area contributed by atoms with Crippen LogP contribution in [0.15, 0.2) is 0 Å². The largest absolute Gasteiger partial charge is 0.212 e. The van der Waals surface area contributed by atoms with E-state index < -0.39 is 10.0 Å². The first kappa shape index (κ1) is 25.8. The molecule has 0 spiro atoms. The van der Waals surface area contributed by atoms with Crippen LogP contribution in [0.2, 0.25) is 0 Å².